The molecule has 0 amide bonds. The summed E-state index contributed by atoms with van der Waals surface area (Å²) in [7, 11) is 0. The topological polar surface area (TPSA) is 116 Å². The van der Waals surface area contributed by atoms with E-state index in [-0.39, 0.29) is 17.3 Å². The summed E-state index contributed by atoms with van der Waals surface area (Å²) in [6.07, 6.45) is 12.8. The van der Waals surface area contributed by atoms with Crippen molar-refractivity contribution in [2.24, 2.45) is 5.92 Å². The molecule has 7 rings (SSSR count). The van der Waals surface area contributed by atoms with Gasteiger partial charge in [-0.2, -0.15) is 0 Å². The van der Waals surface area contributed by atoms with Gasteiger partial charge in [0.15, 0.2) is 17.0 Å². The number of fused-ring (bicyclic) bond motifs is 1. The lowest BCUT2D eigenvalue weighted by atomic mass is 9.73. The van der Waals surface area contributed by atoms with Crippen molar-refractivity contribution < 1.29 is 0 Å². The third-order valence-corrected chi connectivity index (χ3v) is 9.07. The summed E-state index contributed by atoms with van der Waals surface area (Å²) in [6.45, 7) is 5.02. The molecule has 0 spiro atoms. The van der Waals surface area contributed by atoms with E-state index in [2.05, 4.69) is 62.5 Å². The number of imidazole rings is 1. The highest BCUT2D eigenvalue weighted by atomic mass is 16.2. The Bertz CT molecular complexity index is 1980. The smallest absolute Gasteiger partial charge is 0.321 e. The zero-order valence-corrected chi connectivity index (χ0v) is 25.1. The molecule has 0 saturated heterocycles. The van der Waals surface area contributed by atoms with Crippen LogP contribution < -0.4 is 11.2 Å². The quantitative estimate of drug-likeness (QED) is 0.246. The van der Waals surface area contributed by atoms with E-state index in [4.69, 9.17) is 4.98 Å². The molecule has 1 N–H and O–H groups in total. The van der Waals surface area contributed by atoms with Crippen molar-refractivity contribution in [1.82, 2.24) is 39.3 Å². The number of rotatable bonds is 10. The number of allylic oxidation sites excluding steroid dienone is 4. The number of aromatic nitrogens is 8. The fraction of sp³-hybridized carbons (Fsp3) is 0.353. The van der Waals surface area contributed by atoms with Gasteiger partial charge in [0.2, 0.25) is 0 Å². The minimum atomic E-state index is -0.520. The standard InChI is InChI=1S/C34H36N8O2/c1-3-12-28-35-31-29(32(43)40(21-24-17-18-24)33(44)42(31)23(2)25-13-6-4-7-14-25)41(28)22-34(19-10-5-11-20-34)27-16-9-8-15-26(27)30-36-38-39-37-30/h4-11,13-16,19,23-24H,3,12,17-18,20-22H2,1-2H3,(H,36,37,38,39). The Kier molecular flexibility index (Phi) is 7.20. The van der Waals surface area contributed by atoms with Crippen LogP contribution in [-0.2, 0) is 24.9 Å². The van der Waals surface area contributed by atoms with Crippen LogP contribution in [0.3, 0.4) is 0 Å². The average molecular weight is 589 g/mol. The molecule has 0 radical (unpaired) electrons. The van der Waals surface area contributed by atoms with Crippen LogP contribution in [0, 0.1) is 5.92 Å². The Morgan fingerprint density at radius 2 is 1.82 bits per heavy atom. The van der Waals surface area contributed by atoms with E-state index in [0.29, 0.717) is 48.8 Å². The molecule has 5 aromatic rings. The molecule has 1 saturated carbocycles. The molecule has 224 valence electrons. The van der Waals surface area contributed by atoms with Gasteiger partial charge in [-0.05, 0) is 60.1 Å². The maximum Gasteiger partial charge on any atom is 0.333 e. The van der Waals surface area contributed by atoms with Crippen LogP contribution in [0.1, 0.15) is 62.5 Å². The van der Waals surface area contributed by atoms with Gasteiger partial charge in [-0.1, -0.05) is 85.8 Å². The molecule has 2 aliphatic carbocycles. The Balaban J connectivity index is 1.48. The molecule has 0 bridgehead atoms. The van der Waals surface area contributed by atoms with Crippen LogP contribution in [0.15, 0.2) is 88.5 Å². The monoisotopic (exact) mass is 588 g/mol. The van der Waals surface area contributed by atoms with Crippen molar-refractivity contribution in [3.8, 4) is 11.4 Å². The van der Waals surface area contributed by atoms with Crippen molar-refractivity contribution in [1.29, 1.82) is 0 Å². The highest BCUT2D eigenvalue weighted by Crippen LogP contribution is 2.40. The van der Waals surface area contributed by atoms with Gasteiger partial charge in [0.25, 0.3) is 5.56 Å². The second-order valence-electron chi connectivity index (χ2n) is 12.1. The SMILES string of the molecule is CCCc1nc2c(c(=O)n(CC3CC3)c(=O)n2C(C)c2ccccc2)n1CC1(c2ccccc2-c2nnn[nH]2)C=CC=CC1. The van der Waals surface area contributed by atoms with Crippen LogP contribution in [-0.4, -0.2) is 39.3 Å². The zero-order chi connectivity index (χ0) is 30.3. The van der Waals surface area contributed by atoms with Gasteiger partial charge in [-0.25, -0.2) is 14.9 Å². The predicted octanol–water partition coefficient (Wildman–Crippen LogP) is 4.97. The second-order valence-corrected chi connectivity index (χ2v) is 12.1. The lowest BCUT2D eigenvalue weighted by Crippen LogP contribution is -2.42. The lowest BCUT2D eigenvalue weighted by Gasteiger charge is -2.34. The van der Waals surface area contributed by atoms with Crippen molar-refractivity contribution in [3.63, 3.8) is 0 Å². The average Bonchev–Trinajstić information content (AvgIpc) is 3.58. The number of benzene rings is 2. The number of nitrogens with one attached hydrogen (secondary N) is 1. The normalized spacial score (nSPS) is 18.7. The second kappa shape index (κ2) is 11.3. The summed E-state index contributed by atoms with van der Waals surface area (Å²) in [4.78, 5) is 33.7. The van der Waals surface area contributed by atoms with Gasteiger partial charge in [0.05, 0.1) is 6.04 Å². The molecule has 2 unspecified atom stereocenters. The predicted molar refractivity (Wildman–Crippen MR) is 169 cm³/mol. The van der Waals surface area contributed by atoms with Crippen LogP contribution in [0.2, 0.25) is 0 Å². The largest absolute Gasteiger partial charge is 0.333 e. The fourth-order valence-electron chi connectivity index (χ4n) is 6.58. The number of hydrogen-bond acceptors (Lipinski definition) is 6. The van der Waals surface area contributed by atoms with Crippen molar-refractivity contribution >= 4 is 11.2 Å². The fourth-order valence-corrected chi connectivity index (χ4v) is 6.58. The summed E-state index contributed by atoms with van der Waals surface area (Å²) in [5.41, 5.74) is 2.80. The minimum Gasteiger partial charge on any atom is -0.321 e. The molecule has 44 heavy (non-hydrogen) atoms. The van der Waals surface area contributed by atoms with E-state index in [9.17, 15) is 9.59 Å². The van der Waals surface area contributed by atoms with Crippen molar-refractivity contribution in [3.05, 3.63) is 117 Å². The van der Waals surface area contributed by atoms with E-state index in [1.807, 2.05) is 55.5 Å². The molecule has 2 aromatic carbocycles. The third kappa shape index (κ3) is 4.84. The number of nitrogens with zero attached hydrogens (tertiary/aromatic N) is 7. The summed E-state index contributed by atoms with van der Waals surface area (Å²) >= 11 is 0. The summed E-state index contributed by atoms with van der Waals surface area (Å²) in [6, 6.07) is 17.8. The molecule has 3 aromatic heterocycles. The van der Waals surface area contributed by atoms with Crippen LogP contribution in [0.25, 0.3) is 22.6 Å². The number of hydrogen-bond donors (Lipinski definition) is 1. The molecule has 10 nitrogen and oxygen atoms in total. The van der Waals surface area contributed by atoms with Gasteiger partial charge < -0.3 is 4.57 Å². The number of aromatic amines is 1. The maximum absolute atomic E-state index is 14.4. The molecular formula is C34H36N8O2. The Morgan fingerprint density at radius 1 is 1.02 bits per heavy atom. The lowest BCUT2D eigenvalue weighted by molar-refractivity contribution is 0.442. The zero-order valence-electron chi connectivity index (χ0n) is 25.1. The summed E-state index contributed by atoms with van der Waals surface area (Å²) in [5.74, 6) is 1.74. The molecule has 1 fully saturated rings. The summed E-state index contributed by atoms with van der Waals surface area (Å²) in [5, 5.41) is 14.8. The highest BCUT2D eigenvalue weighted by Gasteiger charge is 2.36. The summed E-state index contributed by atoms with van der Waals surface area (Å²) < 4.78 is 5.30. The van der Waals surface area contributed by atoms with Gasteiger partial charge in [-0.15, -0.1) is 5.10 Å². The van der Waals surface area contributed by atoms with Gasteiger partial charge in [-0.3, -0.25) is 13.9 Å². The Hall–Kier alpha value is -4.86. The molecule has 0 aliphatic heterocycles. The molecule has 2 aliphatic rings. The van der Waals surface area contributed by atoms with E-state index in [1.165, 1.54) is 4.57 Å². The van der Waals surface area contributed by atoms with Crippen LogP contribution >= 0.6 is 0 Å². The molecular weight excluding hydrogens is 552 g/mol. The van der Waals surface area contributed by atoms with Gasteiger partial charge >= 0.3 is 5.69 Å². The number of aryl methyl sites for hydroxylation is 1. The van der Waals surface area contributed by atoms with Crippen LogP contribution in [0.5, 0.6) is 0 Å². The first kappa shape index (κ1) is 27.9. The minimum absolute atomic E-state index is 0.263. The van der Waals surface area contributed by atoms with Crippen molar-refractivity contribution in [2.75, 3.05) is 0 Å². The highest BCUT2D eigenvalue weighted by molar-refractivity contribution is 5.72. The number of H-pyrrole nitrogens is 1. The van der Waals surface area contributed by atoms with E-state index in [1.54, 1.807) is 4.57 Å². The number of tetrazole rings is 1. The van der Waals surface area contributed by atoms with E-state index in [0.717, 1.165) is 41.8 Å². The van der Waals surface area contributed by atoms with Gasteiger partial charge in [0, 0.05) is 30.5 Å². The van der Waals surface area contributed by atoms with Gasteiger partial charge in [0.1, 0.15) is 5.82 Å². The first-order valence-corrected chi connectivity index (χ1v) is 15.5. The maximum atomic E-state index is 14.4. The van der Waals surface area contributed by atoms with E-state index < -0.39 is 5.41 Å². The Morgan fingerprint density at radius 3 is 2.52 bits per heavy atom. The first-order valence-electron chi connectivity index (χ1n) is 15.5. The van der Waals surface area contributed by atoms with Crippen molar-refractivity contribution in [2.45, 2.75) is 70.5 Å². The molecule has 3 heterocycles. The third-order valence-electron chi connectivity index (χ3n) is 9.07. The first-order chi connectivity index (χ1) is 21.5. The van der Waals surface area contributed by atoms with E-state index >= 15 is 0 Å². The Labute approximate surface area is 254 Å². The molecule has 2 atom stereocenters. The molecule has 10 heteroatoms. The van der Waals surface area contributed by atoms with Crippen LogP contribution in [0.4, 0.5) is 0 Å².